The average Bonchev–Trinajstić information content (AvgIpc) is 3.80. The van der Waals surface area contributed by atoms with E-state index in [2.05, 4.69) is 47.8 Å². The highest BCUT2D eigenvalue weighted by molar-refractivity contribution is 7.59. The van der Waals surface area contributed by atoms with Gasteiger partial charge in [-0.3, -0.25) is 9.36 Å². The fraction of sp³-hybridized carbons (Fsp3) is 0.872. The minimum Gasteiger partial charge on any atom is -0.459 e. The lowest BCUT2D eigenvalue weighted by atomic mass is 9.78. The van der Waals surface area contributed by atoms with Gasteiger partial charge in [-0.2, -0.15) is 0 Å². The van der Waals surface area contributed by atoms with E-state index in [0.29, 0.717) is 38.0 Å². The third-order valence-corrected chi connectivity index (χ3v) is 17.2. The summed E-state index contributed by atoms with van der Waals surface area (Å²) in [6.45, 7) is 21.2. The van der Waals surface area contributed by atoms with E-state index < -0.39 is 31.3 Å². The molecular formula is C47H73O13P. The van der Waals surface area contributed by atoms with Crippen molar-refractivity contribution in [1.82, 2.24) is 0 Å². The Hall–Kier alpha value is -1.51. The van der Waals surface area contributed by atoms with Crippen molar-refractivity contribution in [2.24, 2.45) is 23.7 Å². The second-order valence-corrected chi connectivity index (χ2v) is 22.8. The molecule has 0 aromatic heterocycles. The Kier molecular flexibility index (Phi) is 14.2. The highest BCUT2D eigenvalue weighted by Crippen LogP contribution is 2.54. The molecule has 0 N–H and O–H groups in total. The topological polar surface area (TPSA) is 144 Å². The predicted octanol–water partition coefficient (Wildman–Crippen LogP) is 7.50. The molecule has 0 spiro atoms. The summed E-state index contributed by atoms with van der Waals surface area (Å²) in [4.78, 5) is 24.4. The maximum absolute atomic E-state index is 13.3. The van der Waals surface area contributed by atoms with Gasteiger partial charge in [-0.15, -0.1) is 0 Å². The van der Waals surface area contributed by atoms with Gasteiger partial charge in [0.1, 0.15) is 36.9 Å². The van der Waals surface area contributed by atoms with Crippen LogP contribution in [0.1, 0.15) is 118 Å². The Balaban J connectivity index is 0.870. The molecule has 9 aliphatic heterocycles. The quantitative estimate of drug-likeness (QED) is 0.0617. The van der Waals surface area contributed by atoms with E-state index in [4.69, 9.17) is 47.2 Å². The number of carbonyl (C=O) groups is 2. The molecule has 0 saturated carbocycles. The third kappa shape index (κ3) is 9.59. The van der Waals surface area contributed by atoms with Crippen LogP contribution >= 0.6 is 7.37 Å². The first-order chi connectivity index (χ1) is 29.1. The molecule has 0 aromatic rings. The van der Waals surface area contributed by atoms with Crippen LogP contribution in [0.5, 0.6) is 0 Å². The summed E-state index contributed by atoms with van der Waals surface area (Å²) in [6.07, 6.45) is 8.32. The molecule has 9 aliphatic rings. The molecule has 21 atom stereocenters. The molecule has 9 saturated heterocycles. The highest BCUT2D eigenvalue weighted by atomic mass is 31.2. The van der Waals surface area contributed by atoms with Gasteiger partial charge in [-0.1, -0.05) is 54.2 Å². The summed E-state index contributed by atoms with van der Waals surface area (Å²) in [5, 5.41) is 0. The van der Waals surface area contributed by atoms with E-state index in [-0.39, 0.29) is 103 Å². The van der Waals surface area contributed by atoms with Crippen molar-refractivity contribution in [2.75, 3.05) is 19.9 Å². The van der Waals surface area contributed by atoms with Crippen molar-refractivity contribution in [3.05, 3.63) is 24.3 Å². The molecule has 14 heteroatoms. The smallest absolute Gasteiger partial charge is 0.315 e. The maximum Gasteiger partial charge on any atom is 0.315 e. The number of ether oxygens (including phenoxy) is 9. The molecule has 61 heavy (non-hydrogen) atoms. The molecule has 9 fully saturated rings. The summed E-state index contributed by atoms with van der Waals surface area (Å²) >= 11 is 0. The van der Waals surface area contributed by atoms with E-state index >= 15 is 0 Å². The number of carbonyl (C=O) groups excluding carboxylic acids is 2. The van der Waals surface area contributed by atoms with Crippen LogP contribution in [-0.2, 0) is 61.3 Å². The summed E-state index contributed by atoms with van der Waals surface area (Å²) in [7, 11) is -1.78. The van der Waals surface area contributed by atoms with Crippen molar-refractivity contribution >= 4 is 19.6 Å². The first kappa shape index (κ1) is 46.0. The monoisotopic (exact) mass is 876 g/mol. The second-order valence-electron chi connectivity index (χ2n) is 20.1. The first-order valence-corrected chi connectivity index (χ1v) is 25.8. The zero-order valence-electron chi connectivity index (χ0n) is 37.6. The first-order valence-electron chi connectivity index (χ1n) is 23.5. The van der Waals surface area contributed by atoms with E-state index in [1.54, 1.807) is 0 Å². The summed E-state index contributed by atoms with van der Waals surface area (Å²) < 4.78 is 77.8. The number of aldehydes is 1. The fourth-order valence-electron chi connectivity index (χ4n) is 12.0. The summed E-state index contributed by atoms with van der Waals surface area (Å²) in [5.41, 5.74) is 2.13. The minimum absolute atomic E-state index is 0.0104. The lowest BCUT2D eigenvalue weighted by Crippen LogP contribution is -2.60. The van der Waals surface area contributed by atoms with Gasteiger partial charge in [0.15, 0.2) is 5.79 Å². The summed E-state index contributed by atoms with van der Waals surface area (Å²) in [5.74, 6) is -0.757. The van der Waals surface area contributed by atoms with Crippen molar-refractivity contribution in [3.63, 3.8) is 0 Å². The van der Waals surface area contributed by atoms with Crippen LogP contribution < -0.4 is 0 Å². The molecule has 6 bridgehead atoms. The Morgan fingerprint density at radius 1 is 0.803 bits per heavy atom. The predicted molar refractivity (Wildman–Crippen MR) is 226 cm³/mol. The molecule has 0 amide bonds. The molecule has 0 radical (unpaired) electrons. The van der Waals surface area contributed by atoms with Crippen molar-refractivity contribution in [2.45, 2.75) is 215 Å². The zero-order valence-corrected chi connectivity index (χ0v) is 38.5. The van der Waals surface area contributed by atoms with Gasteiger partial charge in [-0.25, -0.2) is 0 Å². The Morgan fingerprint density at radius 2 is 1.54 bits per heavy atom. The van der Waals surface area contributed by atoms with Crippen LogP contribution in [0.4, 0.5) is 0 Å². The van der Waals surface area contributed by atoms with Crippen LogP contribution in [-0.4, -0.2) is 130 Å². The minimum atomic E-state index is -3.14. The van der Waals surface area contributed by atoms with Crippen LogP contribution in [0.2, 0.25) is 0 Å². The summed E-state index contributed by atoms with van der Waals surface area (Å²) in [6, 6.07) is 0. The Labute approximate surface area is 363 Å². The number of esters is 1. The SMILES string of the molecule is C=C1CC(CCC23CC4OC5C(O2)C(C)C(CCC=O)OC5C4O3)OC1CCC1CC(C)C(=C)C(CC2OC3CC(C)C(CCC)OC3C(C)C2OC(=O)CP(C)(=O)OC)O1. The Morgan fingerprint density at radius 3 is 2.30 bits per heavy atom. The van der Waals surface area contributed by atoms with Crippen LogP contribution in [0.3, 0.4) is 0 Å². The molecule has 0 aliphatic carbocycles. The van der Waals surface area contributed by atoms with Gasteiger partial charge in [0.05, 0.1) is 67.1 Å². The molecular weight excluding hydrogens is 803 g/mol. The number of hydrogen-bond donors (Lipinski definition) is 0. The van der Waals surface area contributed by atoms with Gasteiger partial charge in [0, 0.05) is 51.3 Å². The Bertz CT molecular complexity index is 1660. The van der Waals surface area contributed by atoms with Crippen LogP contribution in [0, 0.1) is 23.7 Å². The van der Waals surface area contributed by atoms with Gasteiger partial charge in [0.2, 0.25) is 7.37 Å². The normalized spacial score (nSPS) is 47.5. The second kappa shape index (κ2) is 18.8. The lowest BCUT2D eigenvalue weighted by Gasteiger charge is -2.51. The number of hydrogen-bond acceptors (Lipinski definition) is 13. The van der Waals surface area contributed by atoms with Gasteiger partial charge in [0.25, 0.3) is 0 Å². The lowest BCUT2D eigenvalue weighted by molar-refractivity contribution is -0.263. The molecule has 0 aromatic carbocycles. The van der Waals surface area contributed by atoms with E-state index in [9.17, 15) is 14.2 Å². The standard InChI is InChI=1S/C47H73O13P/c1-10-12-33-27(4)21-37-41(55-33)30(7)42(58-40(49)24-61(9,50)51-8)38(54-37)22-36-28(5)25(2)19-31(53-36)14-15-34-26(3)20-32(52-34)16-17-47-23-39-44(60-47)46-45(57-39)43(59-47)29(6)35(56-46)13-11-18-48/h18,25,27,29-39,41-46H,3,5,10-17,19-24H2,1-2,4,6-9H3. The average molecular weight is 877 g/mol. The molecule has 13 nitrogen and oxygen atoms in total. The van der Waals surface area contributed by atoms with E-state index in [1.165, 1.54) is 13.8 Å². The number of fused-ring (bicyclic) bond motifs is 1. The molecule has 344 valence electrons. The van der Waals surface area contributed by atoms with Crippen molar-refractivity contribution < 1.29 is 61.3 Å². The molecule has 9 rings (SSSR count). The number of rotatable bonds is 17. The van der Waals surface area contributed by atoms with Gasteiger partial charge in [-0.05, 0) is 74.3 Å². The van der Waals surface area contributed by atoms with Gasteiger partial charge >= 0.3 is 5.97 Å². The largest absolute Gasteiger partial charge is 0.459 e. The third-order valence-electron chi connectivity index (χ3n) is 15.6. The molecule has 9 heterocycles. The molecule has 21 unspecified atom stereocenters. The van der Waals surface area contributed by atoms with E-state index in [1.807, 2.05) is 0 Å². The van der Waals surface area contributed by atoms with Crippen molar-refractivity contribution in [1.29, 1.82) is 0 Å². The highest BCUT2D eigenvalue weighted by Gasteiger charge is 2.67. The van der Waals surface area contributed by atoms with Crippen LogP contribution in [0.25, 0.3) is 0 Å². The fourth-order valence-corrected chi connectivity index (χ4v) is 12.7. The maximum atomic E-state index is 13.3. The van der Waals surface area contributed by atoms with Crippen molar-refractivity contribution in [3.8, 4) is 0 Å². The zero-order chi connectivity index (χ0) is 43.4. The van der Waals surface area contributed by atoms with Gasteiger partial charge < -0.3 is 52.0 Å². The van der Waals surface area contributed by atoms with Crippen LogP contribution in [0.15, 0.2) is 24.3 Å². The van der Waals surface area contributed by atoms with E-state index in [0.717, 1.165) is 68.8 Å².